The average Bonchev–Trinajstić information content (AvgIpc) is 2.43. The number of nitriles is 1. The number of nitrogens with two attached hydrogens (primary N) is 1. The van der Waals surface area contributed by atoms with E-state index in [0.29, 0.717) is 0 Å². The van der Waals surface area contributed by atoms with E-state index >= 15 is 0 Å². The van der Waals surface area contributed by atoms with E-state index in [9.17, 15) is 17.6 Å². The van der Waals surface area contributed by atoms with Crippen LogP contribution >= 0.6 is 0 Å². The summed E-state index contributed by atoms with van der Waals surface area (Å²) in [6.07, 6.45) is -4.66. The highest BCUT2D eigenvalue weighted by Gasteiger charge is 2.33. The van der Waals surface area contributed by atoms with Crippen molar-refractivity contribution in [2.24, 2.45) is 0 Å². The number of halogens is 4. The van der Waals surface area contributed by atoms with Crippen molar-refractivity contribution in [1.82, 2.24) is 0 Å². The molecule has 0 spiro atoms. The first-order chi connectivity index (χ1) is 9.82. The van der Waals surface area contributed by atoms with Crippen LogP contribution < -0.4 is 11.1 Å². The van der Waals surface area contributed by atoms with Gasteiger partial charge in [0, 0.05) is 5.69 Å². The van der Waals surface area contributed by atoms with Gasteiger partial charge in [-0.25, -0.2) is 4.39 Å². The van der Waals surface area contributed by atoms with Crippen LogP contribution in [0, 0.1) is 17.1 Å². The first-order valence-electron chi connectivity index (χ1n) is 5.75. The number of alkyl halides is 3. The molecule has 0 bridgehead atoms. The Morgan fingerprint density at radius 3 is 2.48 bits per heavy atom. The van der Waals surface area contributed by atoms with Gasteiger partial charge < -0.3 is 11.1 Å². The Labute approximate surface area is 117 Å². The third-order valence-electron chi connectivity index (χ3n) is 2.78. The van der Waals surface area contributed by atoms with Crippen molar-refractivity contribution in [3.05, 3.63) is 53.3 Å². The van der Waals surface area contributed by atoms with Gasteiger partial charge in [0.25, 0.3) is 0 Å². The number of nitrogen functional groups attached to an aromatic ring is 1. The number of nitrogens with zero attached hydrogens (tertiary/aromatic N) is 1. The summed E-state index contributed by atoms with van der Waals surface area (Å²) in [6, 6.07) is 8.55. The Hall–Kier alpha value is -2.75. The second-order valence-electron chi connectivity index (χ2n) is 4.20. The predicted molar refractivity (Wildman–Crippen MR) is 70.3 cm³/mol. The fourth-order valence-electron chi connectivity index (χ4n) is 1.76. The number of benzene rings is 2. The molecule has 0 amide bonds. The fourth-order valence-corrected chi connectivity index (χ4v) is 1.76. The number of hydrogen-bond donors (Lipinski definition) is 2. The van der Waals surface area contributed by atoms with Gasteiger partial charge in [-0.1, -0.05) is 6.07 Å². The van der Waals surface area contributed by atoms with Gasteiger partial charge in [0.05, 0.1) is 28.6 Å². The maximum Gasteiger partial charge on any atom is 0.417 e. The van der Waals surface area contributed by atoms with Gasteiger partial charge in [0.1, 0.15) is 5.82 Å². The quantitative estimate of drug-likeness (QED) is 0.649. The van der Waals surface area contributed by atoms with Crippen molar-refractivity contribution in [3.8, 4) is 6.07 Å². The highest BCUT2D eigenvalue weighted by molar-refractivity contribution is 5.73. The van der Waals surface area contributed by atoms with Crippen LogP contribution in [0.2, 0.25) is 0 Å². The van der Waals surface area contributed by atoms with Gasteiger partial charge in [-0.15, -0.1) is 0 Å². The van der Waals surface area contributed by atoms with E-state index in [-0.39, 0.29) is 17.1 Å². The predicted octanol–water partition coefficient (Wildman–Crippen LogP) is 4.04. The molecule has 0 heterocycles. The van der Waals surface area contributed by atoms with E-state index in [4.69, 9.17) is 11.0 Å². The molecule has 0 aliphatic rings. The molecule has 0 aliphatic carbocycles. The molecule has 2 aromatic carbocycles. The number of rotatable bonds is 2. The monoisotopic (exact) mass is 295 g/mol. The molecular formula is C14H9F4N3. The largest absolute Gasteiger partial charge is 0.417 e. The summed E-state index contributed by atoms with van der Waals surface area (Å²) in [5, 5.41) is 11.3. The minimum absolute atomic E-state index is 0.0543. The summed E-state index contributed by atoms with van der Waals surface area (Å²) in [5.41, 5.74) is 3.95. The Morgan fingerprint density at radius 2 is 1.86 bits per heavy atom. The van der Waals surface area contributed by atoms with E-state index in [1.54, 1.807) is 0 Å². The topological polar surface area (TPSA) is 61.8 Å². The van der Waals surface area contributed by atoms with Crippen molar-refractivity contribution in [1.29, 1.82) is 5.26 Å². The zero-order chi connectivity index (χ0) is 15.6. The molecule has 3 nitrogen and oxygen atoms in total. The maximum absolute atomic E-state index is 13.3. The molecule has 2 rings (SSSR count). The fraction of sp³-hybridized carbons (Fsp3) is 0.0714. The Balaban J connectivity index is 2.43. The molecule has 0 aromatic heterocycles. The van der Waals surface area contributed by atoms with Crippen molar-refractivity contribution in [3.63, 3.8) is 0 Å². The van der Waals surface area contributed by atoms with E-state index < -0.39 is 23.1 Å². The second kappa shape index (κ2) is 5.32. The third-order valence-corrected chi connectivity index (χ3v) is 2.78. The van der Waals surface area contributed by atoms with Crippen molar-refractivity contribution < 1.29 is 17.6 Å². The molecule has 0 saturated heterocycles. The van der Waals surface area contributed by atoms with Crippen LogP contribution in [0.5, 0.6) is 0 Å². The minimum atomic E-state index is -4.66. The molecular weight excluding hydrogens is 286 g/mol. The first kappa shape index (κ1) is 14.7. The van der Waals surface area contributed by atoms with Gasteiger partial charge in [-0.05, 0) is 30.3 Å². The Morgan fingerprint density at radius 1 is 1.14 bits per heavy atom. The van der Waals surface area contributed by atoms with Crippen LogP contribution in [-0.2, 0) is 6.18 Å². The average molecular weight is 295 g/mol. The molecule has 108 valence electrons. The third kappa shape index (κ3) is 3.05. The van der Waals surface area contributed by atoms with Gasteiger partial charge in [0.15, 0.2) is 0 Å². The summed E-state index contributed by atoms with van der Waals surface area (Å²) in [6.45, 7) is 0. The van der Waals surface area contributed by atoms with E-state index in [1.165, 1.54) is 24.3 Å². The SMILES string of the molecule is N#Cc1ccc(Nc2cccc(F)c2N)cc1C(F)(F)F. The van der Waals surface area contributed by atoms with E-state index in [2.05, 4.69) is 5.32 Å². The van der Waals surface area contributed by atoms with Crippen molar-refractivity contribution in [2.45, 2.75) is 6.18 Å². The van der Waals surface area contributed by atoms with Crippen molar-refractivity contribution >= 4 is 17.1 Å². The summed E-state index contributed by atoms with van der Waals surface area (Å²) in [7, 11) is 0. The van der Waals surface area contributed by atoms with Crippen LogP contribution in [0.1, 0.15) is 11.1 Å². The number of nitrogens with one attached hydrogen (secondary N) is 1. The van der Waals surface area contributed by atoms with Crippen LogP contribution in [0.25, 0.3) is 0 Å². The second-order valence-corrected chi connectivity index (χ2v) is 4.20. The molecule has 21 heavy (non-hydrogen) atoms. The summed E-state index contributed by atoms with van der Waals surface area (Å²) < 4.78 is 51.8. The van der Waals surface area contributed by atoms with Crippen LogP contribution in [0.15, 0.2) is 36.4 Å². The van der Waals surface area contributed by atoms with Gasteiger partial charge in [-0.3, -0.25) is 0 Å². The number of para-hydroxylation sites is 1. The van der Waals surface area contributed by atoms with Crippen molar-refractivity contribution in [2.75, 3.05) is 11.1 Å². The summed E-state index contributed by atoms with van der Waals surface area (Å²) in [5.74, 6) is -0.676. The molecule has 0 fully saturated rings. The highest BCUT2D eigenvalue weighted by atomic mass is 19.4. The minimum Gasteiger partial charge on any atom is -0.395 e. The smallest absolute Gasteiger partial charge is 0.395 e. The molecule has 0 aliphatic heterocycles. The molecule has 0 atom stereocenters. The number of anilines is 3. The van der Waals surface area contributed by atoms with Crippen LogP contribution in [0.4, 0.5) is 34.6 Å². The molecule has 7 heteroatoms. The lowest BCUT2D eigenvalue weighted by Crippen LogP contribution is -2.08. The molecule has 2 aromatic rings. The zero-order valence-electron chi connectivity index (χ0n) is 10.5. The van der Waals surface area contributed by atoms with Gasteiger partial charge in [0.2, 0.25) is 0 Å². The molecule has 0 saturated carbocycles. The Kier molecular flexibility index (Phi) is 3.72. The maximum atomic E-state index is 13.3. The van der Waals surface area contributed by atoms with E-state index in [1.807, 2.05) is 0 Å². The highest BCUT2D eigenvalue weighted by Crippen LogP contribution is 2.34. The lowest BCUT2D eigenvalue weighted by Gasteiger charge is -2.13. The summed E-state index contributed by atoms with van der Waals surface area (Å²) >= 11 is 0. The Bertz CT molecular complexity index is 717. The van der Waals surface area contributed by atoms with Gasteiger partial charge in [-0.2, -0.15) is 18.4 Å². The summed E-state index contributed by atoms with van der Waals surface area (Å²) in [4.78, 5) is 0. The lowest BCUT2D eigenvalue weighted by atomic mass is 10.1. The molecule has 0 radical (unpaired) electrons. The van der Waals surface area contributed by atoms with E-state index in [0.717, 1.165) is 18.2 Å². The lowest BCUT2D eigenvalue weighted by molar-refractivity contribution is -0.137. The molecule has 3 N–H and O–H groups in total. The van der Waals surface area contributed by atoms with Gasteiger partial charge >= 0.3 is 6.18 Å². The van der Waals surface area contributed by atoms with Crippen LogP contribution in [-0.4, -0.2) is 0 Å². The molecule has 0 unspecified atom stereocenters. The first-order valence-corrected chi connectivity index (χ1v) is 5.75. The normalized spacial score (nSPS) is 11.0. The number of hydrogen-bond acceptors (Lipinski definition) is 3. The standard InChI is InChI=1S/C14H9F4N3/c15-11-2-1-3-12(13(11)20)21-9-5-4-8(7-19)10(6-9)14(16,17)18/h1-6,21H,20H2. The van der Waals surface area contributed by atoms with Crippen LogP contribution in [0.3, 0.4) is 0 Å². The zero-order valence-corrected chi connectivity index (χ0v) is 10.5.